The highest BCUT2D eigenvalue weighted by Crippen LogP contribution is 2.67. The average molecular weight is 368 g/mol. The Balaban J connectivity index is 1.84. The van der Waals surface area contributed by atoms with Crippen molar-refractivity contribution in [2.45, 2.75) is 57.4 Å². The molecule has 0 bridgehead atoms. The van der Waals surface area contributed by atoms with Gasteiger partial charge in [-0.25, -0.2) is 4.79 Å². The van der Waals surface area contributed by atoms with E-state index >= 15 is 0 Å². The summed E-state index contributed by atoms with van der Waals surface area (Å²) in [5.41, 5.74) is 4.83. The van der Waals surface area contributed by atoms with Crippen LogP contribution in [0.5, 0.6) is 0 Å². The molecule has 5 rings (SSSR count). The number of nitrogens with one attached hydrogen (secondary N) is 1. The van der Waals surface area contributed by atoms with Crippen molar-refractivity contribution in [3.05, 3.63) is 41.1 Å². The fourth-order valence-corrected chi connectivity index (χ4v) is 7.53. The molecule has 3 unspecified atom stereocenters. The Morgan fingerprint density at radius 1 is 1.26 bits per heavy atom. The van der Waals surface area contributed by atoms with Crippen molar-refractivity contribution in [1.82, 2.24) is 0 Å². The van der Waals surface area contributed by atoms with Crippen LogP contribution in [0.15, 0.2) is 35.5 Å². The predicted molar refractivity (Wildman–Crippen MR) is 106 cm³/mol. The van der Waals surface area contributed by atoms with E-state index in [2.05, 4.69) is 43.4 Å². The zero-order valence-corrected chi connectivity index (χ0v) is 16.8. The molecule has 4 atom stereocenters. The summed E-state index contributed by atoms with van der Waals surface area (Å²) in [6, 6.07) is 9.32. The SMILES string of the molecule is CCC12CCC[N+]3(CC)CC[C@]4(C(=C(C(=O)OC)C1)Nc1ccccc14)C23. The van der Waals surface area contributed by atoms with Gasteiger partial charge >= 0.3 is 5.97 Å². The second-order valence-electron chi connectivity index (χ2n) is 9.12. The molecule has 0 saturated carbocycles. The van der Waals surface area contributed by atoms with Gasteiger partial charge in [0.15, 0.2) is 0 Å². The molecule has 3 heterocycles. The van der Waals surface area contributed by atoms with Crippen LogP contribution in [0.4, 0.5) is 5.69 Å². The first-order chi connectivity index (χ1) is 13.1. The number of rotatable bonds is 3. The predicted octanol–water partition coefficient (Wildman–Crippen LogP) is 3.98. The lowest BCUT2D eigenvalue weighted by molar-refractivity contribution is -0.952. The molecule has 2 fully saturated rings. The van der Waals surface area contributed by atoms with Crippen molar-refractivity contribution in [2.24, 2.45) is 5.41 Å². The van der Waals surface area contributed by atoms with Crippen LogP contribution in [0.1, 0.15) is 51.5 Å². The summed E-state index contributed by atoms with van der Waals surface area (Å²) >= 11 is 0. The molecule has 0 radical (unpaired) electrons. The third-order valence-electron chi connectivity index (χ3n) is 8.53. The van der Waals surface area contributed by atoms with Crippen LogP contribution in [0.25, 0.3) is 0 Å². The number of quaternary nitrogens is 1. The number of hydrogen-bond acceptors (Lipinski definition) is 3. The Morgan fingerprint density at radius 3 is 2.81 bits per heavy atom. The molecule has 0 aromatic heterocycles. The normalized spacial score (nSPS) is 38.7. The Kier molecular flexibility index (Phi) is 3.59. The summed E-state index contributed by atoms with van der Waals surface area (Å²) < 4.78 is 6.50. The minimum absolute atomic E-state index is 0.0508. The van der Waals surface area contributed by atoms with Crippen molar-refractivity contribution >= 4 is 11.7 Å². The van der Waals surface area contributed by atoms with Crippen molar-refractivity contribution in [3.63, 3.8) is 0 Å². The second kappa shape index (κ2) is 5.60. The van der Waals surface area contributed by atoms with Gasteiger partial charge in [0.05, 0.1) is 37.7 Å². The number of para-hydroxylation sites is 1. The smallest absolute Gasteiger partial charge is 0.335 e. The van der Waals surface area contributed by atoms with Gasteiger partial charge in [-0.15, -0.1) is 0 Å². The number of carbonyl (C=O) groups is 1. The fourth-order valence-electron chi connectivity index (χ4n) is 7.53. The van der Waals surface area contributed by atoms with Gasteiger partial charge in [0.1, 0.15) is 6.04 Å². The van der Waals surface area contributed by atoms with Crippen molar-refractivity contribution < 1.29 is 14.0 Å². The van der Waals surface area contributed by atoms with Crippen LogP contribution in [0, 0.1) is 5.41 Å². The van der Waals surface area contributed by atoms with E-state index in [-0.39, 0.29) is 16.8 Å². The highest BCUT2D eigenvalue weighted by molar-refractivity contribution is 5.93. The van der Waals surface area contributed by atoms with Crippen molar-refractivity contribution in [3.8, 4) is 0 Å². The number of hydrogen-bond donors (Lipinski definition) is 1. The van der Waals surface area contributed by atoms with E-state index in [0.29, 0.717) is 6.04 Å². The van der Waals surface area contributed by atoms with Crippen molar-refractivity contribution in [1.29, 1.82) is 0 Å². The lowest BCUT2D eigenvalue weighted by atomic mass is 9.53. The molecule has 27 heavy (non-hydrogen) atoms. The van der Waals surface area contributed by atoms with Gasteiger partial charge in [0.2, 0.25) is 0 Å². The quantitative estimate of drug-likeness (QED) is 0.649. The molecule has 1 aromatic carbocycles. The number of methoxy groups -OCH3 is 1. The minimum Gasteiger partial charge on any atom is -0.466 e. The molecule has 2 saturated heterocycles. The van der Waals surface area contributed by atoms with E-state index in [1.165, 1.54) is 61.0 Å². The van der Waals surface area contributed by atoms with Gasteiger partial charge in [0, 0.05) is 23.2 Å². The number of anilines is 1. The summed E-state index contributed by atoms with van der Waals surface area (Å²) in [5.74, 6) is -0.136. The molecule has 144 valence electrons. The van der Waals surface area contributed by atoms with Gasteiger partial charge < -0.3 is 14.5 Å². The van der Waals surface area contributed by atoms with Gasteiger partial charge in [-0.3, -0.25) is 0 Å². The molecule has 3 aliphatic heterocycles. The Bertz CT molecular complexity index is 847. The molecule has 4 aliphatic rings. The molecule has 4 heteroatoms. The summed E-state index contributed by atoms with van der Waals surface area (Å²) in [7, 11) is 1.53. The lowest BCUT2D eigenvalue weighted by Gasteiger charge is -2.59. The van der Waals surface area contributed by atoms with Crippen molar-refractivity contribution in [2.75, 3.05) is 32.1 Å². The van der Waals surface area contributed by atoms with Crippen LogP contribution in [-0.2, 0) is 14.9 Å². The van der Waals surface area contributed by atoms with Crippen LogP contribution >= 0.6 is 0 Å². The number of esters is 1. The first-order valence-electron chi connectivity index (χ1n) is 10.6. The molecule has 0 amide bonds. The molecular formula is C23H31N2O2+. The van der Waals surface area contributed by atoms with E-state index in [1.54, 1.807) is 0 Å². The topological polar surface area (TPSA) is 38.3 Å². The third kappa shape index (κ3) is 1.90. The van der Waals surface area contributed by atoms with Gasteiger partial charge in [-0.2, -0.15) is 0 Å². The van der Waals surface area contributed by atoms with E-state index in [0.717, 1.165) is 24.8 Å². The number of carbonyl (C=O) groups excluding carboxylic acids is 1. The maximum Gasteiger partial charge on any atom is 0.335 e. The fraction of sp³-hybridized carbons (Fsp3) is 0.609. The summed E-state index contributed by atoms with van der Waals surface area (Å²) in [4.78, 5) is 12.9. The van der Waals surface area contributed by atoms with E-state index in [4.69, 9.17) is 4.74 Å². The summed E-state index contributed by atoms with van der Waals surface area (Å²) in [5, 5.41) is 3.70. The summed E-state index contributed by atoms with van der Waals surface area (Å²) in [6.07, 6.45) is 5.63. The molecule has 1 N–H and O–H groups in total. The van der Waals surface area contributed by atoms with Gasteiger partial charge in [-0.05, 0) is 44.2 Å². The van der Waals surface area contributed by atoms with E-state index in [1.807, 2.05) is 0 Å². The number of nitrogens with zero attached hydrogens (tertiary/aromatic N) is 1. The highest BCUT2D eigenvalue weighted by Gasteiger charge is 2.72. The maximum absolute atomic E-state index is 12.9. The molecular weight excluding hydrogens is 336 g/mol. The zero-order chi connectivity index (χ0) is 18.9. The zero-order valence-electron chi connectivity index (χ0n) is 16.8. The first-order valence-corrected chi connectivity index (χ1v) is 10.6. The Hall–Kier alpha value is -1.81. The number of benzene rings is 1. The van der Waals surface area contributed by atoms with E-state index in [9.17, 15) is 4.79 Å². The van der Waals surface area contributed by atoms with Crippen LogP contribution < -0.4 is 5.32 Å². The average Bonchev–Trinajstić information content (AvgIpc) is 3.25. The molecule has 1 spiro atoms. The van der Waals surface area contributed by atoms with Gasteiger partial charge in [0.25, 0.3) is 0 Å². The van der Waals surface area contributed by atoms with Crippen LogP contribution in [-0.4, -0.2) is 43.2 Å². The molecule has 4 nitrogen and oxygen atoms in total. The lowest BCUT2D eigenvalue weighted by Crippen LogP contribution is -2.68. The van der Waals surface area contributed by atoms with Gasteiger partial charge in [-0.1, -0.05) is 25.1 Å². The Morgan fingerprint density at radius 2 is 2.07 bits per heavy atom. The number of ether oxygens (including phenoxy) is 1. The molecule has 1 aliphatic carbocycles. The molecule has 1 aromatic rings. The highest BCUT2D eigenvalue weighted by atomic mass is 16.5. The number of piperidine rings is 1. The summed E-state index contributed by atoms with van der Waals surface area (Å²) in [6.45, 7) is 8.41. The Labute approximate surface area is 162 Å². The van der Waals surface area contributed by atoms with Crippen LogP contribution in [0.3, 0.4) is 0 Å². The number of fused-ring (bicyclic) bond motifs is 1. The van der Waals surface area contributed by atoms with E-state index < -0.39 is 0 Å². The first kappa shape index (κ1) is 17.3. The third-order valence-corrected chi connectivity index (χ3v) is 8.53. The second-order valence-corrected chi connectivity index (χ2v) is 9.12. The van der Waals surface area contributed by atoms with Crippen LogP contribution in [0.2, 0.25) is 0 Å². The minimum atomic E-state index is -0.136. The largest absolute Gasteiger partial charge is 0.466 e. The monoisotopic (exact) mass is 367 g/mol. The maximum atomic E-state index is 12.9. The number of likely N-dealkylation sites (N-methyl/N-ethyl adjacent to an activating group) is 1. The standard InChI is InChI=1S/C23H30N2O2/c1-4-22-11-8-13-25(5-2)14-12-23(21(22)25)17-9-6-7-10-18(17)24-19(23)16(15-22)20(26)27-3/h6-7,9-10,21H,4-5,8,11-15H2,1-3H3/p+1/t21?,22?,23-,25?/m0/s1.